The largest absolute Gasteiger partial charge is 0.343 e. The van der Waals surface area contributed by atoms with Crippen molar-refractivity contribution in [2.45, 2.75) is 38.6 Å². The van der Waals surface area contributed by atoms with Crippen LogP contribution in [0.5, 0.6) is 0 Å². The quantitative estimate of drug-likeness (QED) is 0.511. The van der Waals surface area contributed by atoms with Crippen LogP contribution in [0.3, 0.4) is 0 Å². The maximum absolute atomic E-state index is 14.4. The van der Waals surface area contributed by atoms with Crippen molar-refractivity contribution in [2.75, 3.05) is 33.4 Å². The van der Waals surface area contributed by atoms with Crippen molar-refractivity contribution in [1.29, 1.82) is 0 Å². The zero-order valence-electron chi connectivity index (χ0n) is 23.2. The summed E-state index contributed by atoms with van der Waals surface area (Å²) in [5.74, 6) is -1.12. The topological polar surface area (TPSA) is 83.7 Å². The molecule has 6 nitrogen and oxygen atoms in total. The fourth-order valence-electron chi connectivity index (χ4n) is 4.70. The van der Waals surface area contributed by atoms with Gasteiger partial charge >= 0.3 is 0 Å². The van der Waals surface area contributed by atoms with Crippen LogP contribution in [-0.4, -0.2) is 65.3 Å². The monoisotopic (exact) mass is 539 g/mol. The average Bonchev–Trinajstić information content (AvgIpc) is 3.15. The molecule has 0 spiro atoms. The van der Waals surface area contributed by atoms with E-state index in [0.717, 1.165) is 32.7 Å². The van der Waals surface area contributed by atoms with Gasteiger partial charge in [-0.15, -0.1) is 0 Å². The maximum atomic E-state index is 14.4. The number of fused-ring (bicyclic) bond motifs is 1. The molecule has 2 aromatic carbocycles. The number of allylic oxidation sites excluding steroid dienone is 2. The molecule has 0 heterocycles. The van der Waals surface area contributed by atoms with Gasteiger partial charge in [-0.25, -0.2) is 4.39 Å². The fourth-order valence-corrected chi connectivity index (χ4v) is 5.22. The Labute approximate surface area is 227 Å². The second-order valence-electron chi connectivity index (χ2n) is 10.3. The SMILES string of the molecule is CC1=C(C(C)C(=O)N(C)CCN(C)C(=O)[C@@H](N)C(C)C)c2cc(F)ccc2/C1=C\c1ccc(S(C)=O)cc1. The van der Waals surface area contributed by atoms with Gasteiger partial charge in [0.05, 0.1) is 12.0 Å². The molecule has 3 rings (SSSR count). The molecule has 0 saturated carbocycles. The van der Waals surface area contributed by atoms with Crippen molar-refractivity contribution in [3.05, 3.63) is 70.5 Å². The summed E-state index contributed by atoms with van der Waals surface area (Å²) in [4.78, 5) is 29.9. The Hall–Kier alpha value is -3.10. The lowest BCUT2D eigenvalue weighted by atomic mass is 9.92. The number of benzene rings is 2. The van der Waals surface area contributed by atoms with Crippen molar-refractivity contribution in [2.24, 2.45) is 17.6 Å². The molecule has 0 aliphatic heterocycles. The molecule has 0 radical (unpaired) electrons. The molecule has 2 N–H and O–H groups in total. The summed E-state index contributed by atoms with van der Waals surface area (Å²) in [5.41, 5.74) is 11.1. The first-order valence-electron chi connectivity index (χ1n) is 12.8. The molecular formula is C30H38FN3O3S. The number of likely N-dealkylation sites (N-methyl/N-ethyl adjacent to an activating group) is 2. The number of nitrogens with two attached hydrogens (primary N) is 1. The first-order chi connectivity index (χ1) is 17.8. The van der Waals surface area contributed by atoms with E-state index in [9.17, 15) is 18.2 Å². The number of halogens is 1. The minimum absolute atomic E-state index is 0.0258. The van der Waals surface area contributed by atoms with Gasteiger partial charge in [0, 0.05) is 49.1 Å². The summed E-state index contributed by atoms with van der Waals surface area (Å²) >= 11 is 0. The average molecular weight is 540 g/mol. The van der Waals surface area contributed by atoms with Crippen molar-refractivity contribution in [3.8, 4) is 0 Å². The van der Waals surface area contributed by atoms with Crippen LogP contribution in [0.1, 0.15) is 44.4 Å². The number of hydrogen-bond donors (Lipinski definition) is 1. The molecule has 0 bridgehead atoms. The smallest absolute Gasteiger partial charge is 0.239 e. The highest BCUT2D eigenvalue weighted by Gasteiger charge is 2.32. The van der Waals surface area contributed by atoms with Gasteiger partial charge in [-0.3, -0.25) is 13.8 Å². The molecule has 0 aromatic heterocycles. The molecule has 0 fully saturated rings. The van der Waals surface area contributed by atoms with Gasteiger partial charge in [0.1, 0.15) is 5.82 Å². The van der Waals surface area contributed by atoms with Crippen LogP contribution >= 0.6 is 0 Å². The van der Waals surface area contributed by atoms with E-state index in [1.54, 1.807) is 36.2 Å². The highest BCUT2D eigenvalue weighted by atomic mass is 32.2. The van der Waals surface area contributed by atoms with Crippen molar-refractivity contribution in [3.63, 3.8) is 0 Å². The number of carbonyl (C=O) groups excluding carboxylic acids is 2. The number of amides is 2. The standard InChI is InChI=1S/C30H38FN3O3S/c1-18(2)28(32)30(36)34(6)15-14-33(5)29(35)20(4)27-19(3)25(24-13-10-22(31)17-26(24)27)16-21-8-11-23(12-9-21)38(7)37/h8-13,16-18,20,28H,14-15,32H2,1-7H3/b25-16-/t20?,28-,38?/m0/s1. The van der Waals surface area contributed by atoms with E-state index in [2.05, 4.69) is 0 Å². The Balaban J connectivity index is 1.86. The third-order valence-corrected chi connectivity index (χ3v) is 8.16. The van der Waals surface area contributed by atoms with Gasteiger partial charge < -0.3 is 15.5 Å². The second-order valence-corrected chi connectivity index (χ2v) is 11.7. The van der Waals surface area contributed by atoms with E-state index >= 15 is 0 Å². The van der Waals surface area contributed by atoms with E-state index in [4.69, 9.17) is 5.73 Å². The lowest BCUT2D eigenvalue weighted by Crippen LogP contribution is -2.47. The molecule has 2 amide bonds. The first kappa shape index (κ1) is 29.5. The zero-order valence-corrected chi connectivity index (χ0v) is 24.1. The third kappa shape index (κ3) is 6.30. The minimum atomic E-state index is -1.06. The Kier molecular flexibility index (Phi) is 9.44. The molecule has 1 aliphatic carbocycles. The van der Waals surface area contributed by atoms with Crippen LogP contribution in [-0.2, 0) is 20.4 Å². The normalized spacial score (nSPS) is 16.4. The molecule has 204 valence electrons. The molecule has 3 atom stereocenters. The van der Waals surface area contributed by atoms with Gasteiger partial charge in [-0.05, 0) is 83.5 Å². The van der Waals surface area contributed by atoms with E-state index < -0.39 is 22.8 Å². The van der Waals surface area contributed by atoms with Gasteiger partial charge in [0.2, 0.25) is 11.8 Å². The summed E-state index contributed by atoms with van der Waals surface area (Å²) in [6.45, 7) is 8.31. The van der Waals surface area contributed by atoms with Crippen LogP contribution in [0.4, 0.5) is 4.39 Å². The predicted molar refractivity (Wildman–Crippen MR) is 153 cm³/mol. The maximum Gasteiger partial charge on any atom is 0.239 e. The number of carbonyl (C=O) groups is 2. The summed E-state index contributed by atoms with van der Waals surface area (Å²) in [5, 5.41) is 0. The number of hydrogen-bond acceptors (Lipinski definition) is 4. The van der Waals surface area contributed by atoms with Crippen LogP contribution < -0.4 is 5.73 Å². The fraction of sp³-hybridized carbons (Fsp3) is 0.400. The van der Waals surface area contributed by atoms with Crippen molar-refractivity contribution >= 4 is 39.8 Å². The second kappa shape index (κ2) is 12.2. The summed E-state index contributed by atoms with van der Waals surface area (Å²) in [7, 11) is 2.34. The molecule has 0 saturated heterocycles. The lowest BCUT2D eigenvalue weighted by Gasteiger charge is -2.27. The van der Waals surface area contributed by atoms with E-state index in [0.29, 0.717) is 18.7 Å². The van der Waals surface area contributed by atoms with E-state index in [1.165, 1.54) is 12.1 Å². The molecule has 2 aromatic rings. The Morgan fingerprint density at radius 1 is 0.974 bits per heavy atom. The number of rotatable bonds is 9. The van der Waals surface area contributed by atoms with Crippen molar-refractivity contribution < 1.29 is 18.2 Å². The van der Waals surface area contributed by atoms with Gasteiger partial charge in [-0.1, -0.05) is 32.0 Å². The van der Waals surface area contributed by atoms with Crippen LogP contribution in [0.2, 0.25) is 0 Å². The molecular weight excluding hydrogens is 501 g/mol. The summed E-state index contributed by atoms with van der Waals surface area (Å²) < 4.78 is 26.1. The van der Waals surface area contributed by atoms with Crippen molar-refractivity contribution in [1.82, 2.24) is 9.80 Å². The molecule has 8 heteroatoms. The molecule has 38 heavy (non-hydrogen) atoms. The summed E-state index contributed by atoms with van der Waals surface area (Å²) in [6.07, 6.45) is 3.65. The first-order valence-corrected chi connectivity index (χ1v) is 14.3. The Morgan fingerprint density at radius 3 is 2.11 bits per heavy atom. The lowest BCUT2D eigenvalue weighted by molar-refractivity contribution is -0.135. The summed E-state index contributed by atoms with van der Waals surface area (Å²) in [6, 6.07) is 11.6. The molecule has 2 unspecified atom stereocenters. The van der Waals surface area contributed by atoms with Gasteiger partial charge in [0.25, 0.3) is 0 Å². The predicted octanol–water partition coefficient (Wildman–Crippen LogP) is 4.43. The zero-order chi connectivity index (χ0) is 28.3. The van der Waals surface area contributed by atoms with E-state index in [1.807, 2.05) is 58.0 Å². The van der Waals surface area contributed by atoms with Crippen LogP contribution in [0, 0.1) is 17.7 Å². The minimum Gasteiger partial charge on any atom is -0.343 e. The highest BCUT2D eigenvalue weighted by Crippen LogP contribution is 2.46. The van der Waals surface area contributed by atoms with Crippen LogP contribution in [0.25, 0.3) is 17.2 Å². The van der Waals surface area contributed by atoms with Crippen LogP contribution in [0.15, 0.2) is 52.9 Å². The Bertz CT molecular complexity index is 1300. The number of nitrogens with zero attached hydrogens (tertiary/aromatic N) is 2. The van der Waals surface area contributed by atoms with Gasteiger partial charge in [-0.2, -0.15) is 0 Å². The highest BCUT2D eigenvalue weighted by molar-refractivity contribution is 7.84. The third-order valence-electron chi connectivity index (χ3n) is 7.22. The Morgan fingerprint density at radius 2 is 1.55 bits per heavy atom. The molecule has 1 aliphatic rings. The van der Waals surface area contributed by atoms with E-state index in [-0.39, 0.29) is 23.5 Å². The van der Waals surface area contributed by atoms with Gasteiger partial charge in [0.15, 0.2) is 0 Å².